The van der Waals surface area contributed by atoms with Crippen LogP contribution in [0.5, 0.6) is 11.5 Å². The molecule has 43 heavy (non-hydrogen) atoms. The highest BCUT2D eigenvalue weighted by atomic mass is 32.1. The lowest BCUT2D eigenvalue weighted by Crippen LogP contribution is -2.43. The van der Waals surface area contributed by atoms with Crippen molar-refractivity contribution >= 4 is 17.3 Å². The quantitative estimate of drug-likeness (QED) is 0.164. The normalized spacial score (nSPS) is 13.0. The zero-order chi connectivity index (χ0) is 30.6. The van der Waals surface area contributed by atoms with E-state index < -0.39 is 11.6 Å². The number of nitrogens with zero attached hydrogens (tertiary/aromatic N) is 1. The Morgan fingerprint density at radius 2 is 1.60 bits per heavy atom. The Kier molecular flexibility index (Phi) is 8.74. The molecule has 0 spiro atoms. The predicted octanol–water partition coefficient (Wildman–Crippen LogP) is 8.76. The predicted molar refractivity (Wildman–Crippen MR) is 171 cm³/mol. The number of aryl methyl sites for hydroxylation is 1. The molecule has 0 saturated carbocycles. The van der Waals surface area contributed by atoms with Crippen molar-refractivity contribution in [2.75, 3.05) is 6.61 Å². The van der Waals surface area contributed by atoms with Crippen molar-refractivity contribution in [3.63, 3.8) is 0 Å². The van der Waals surface area contributed by atoms with E-state index in [9.17, 15) is 9.90 Å². The molecule has 7 heteroatoms. The maximum atomic E-state index is 12.2. The number of carboxylic acid groups (broad SMARTS) is 1. The van der Waals surface area contributed by atoms with Gasteiger partial charge in [-0.2, -0.15) is 0 Å². The summed E-state index contributed by atoms with van der Waals surface area (Å²) in [5.74, 6) is 1.58. The maximum Gasteiger partial charge on any atom is 0.348 e. The third-order valence-electron chi connectivity index (χ3n) is 7.40. The first-order valence-corrected chi connectivity index (χ1v) is 15.2. The Morgan fingerprint density at radius 1 is 0.907 bits per heavy atom. The number of ether oxygens (including phenoxy) is 2. The smallest absolute Gasteiger partial charge is 0.348 e. The zero-order valence-electron chi connectivity index (χ0n) is 25.2. The first-order chi connectivity index (χ1) is 20.5. The number of oxazole rings is 1. The third-order valence-corrected chi connectivity index (χ3v) is 8.32. The molecule has 1 atom stereocenters. The van der Waals surface area contributed by atoms with Gasteiger partial charge < -0.3 is 19.0 Å². The molecule has 3 aromatic carbocycles. The molecule has 0 saturated heterocycles. The molecule has 6 nitrogen and oxygen atoms in total. The van der Waals surface area contributed by atoms with Gasteiger partial charge in [-0.05, 0) is 83.8 Å². The molecule has 2 heterocycles. The highest BCUT2D eigenvalue weighted by Crippen LogP contribution is 2.31. The van der Waals surface area contributed by atoms with Crippen molar-refractivity contribution in [1.82, 2.24) is 4.98 Å². The van der Waals surface area contributed by atoms with Crippen LogP contribution < -0.4 is 9.47 Å². The SMILES string of the molecule is Cc1oc(-c2cccc(-c3cccs3)c2)nc1CCOc1ccc(CC(C)(Oc2ccc(C(C)(C)C)cc2)C(=O)O)cc1. The van der Waals surface area contributed by atoms with E-state index in [1.807, 2.05) is 73.7 Å². The molecule has 222 valence electrons. The molecular weight excluding hydrogens is 558 g/mol. The summed E-state index contributed by atoms with van der Waals surface area (Å²) in [4.78, 5) is 18.2. The van der Waals surface area contributed by atoms with Crippen LogP contribution in [-0.2, 0) is 23.1 Å². The van der Waals surface area contributed by atoms with Crippen LogP contribution in [0, 0.1) is 6.92 Å². The lowest BCUT2D eigenvalue weighted by atomic mass is 9.87. The minimum atomic E-state index is -1.42. The van der Waals surface area contributed by atoms with Gasteiger partial charge >= 0.3 is 5.97 Å². The summed E-state index contributed by atoms with van der Waals surface area (Å²) in [7, 11) is 0. The summed E-state index contributed by atoms with van der Waals surface area (Å²) >= 11 is 1.70. The van der Waals surface area contributed by atoms with E-state index >= 15 is 0 Å². The molecule has 0 bridgehead atoms. The van der Waals surface area contributed by atoms with Crippen LogP contribution in [0.1, 0.15) is 50.3 Å². The molecule has 0 amide bonds. The second-order valence-corrected chi connectivity index (χ2v) is 12.9. The Bertz CT molecular complexity index is 1660. The number of carbonyl (C=O) groups is 1. The summed E-state index contributed by atoms with van der Waals surface area (Å²) in [5.41, 5.74) is 3.52. The van der Waals surface area contributed by atoms with Crippen LogP contribution in [-0.4, -0.2) is 28.3 Å². The molecule has 5 rings (SSSR count). The number of thiophene rings is 1. The topological polar surface area (TPSA) is 81.8 Å². The number of rotatable bonds is 11. The van der Waals surface area contributed by atoms with Gasteiger partial charge in [-0.3, -0.25) is 0 Å². The van der Waals surface area contributed by atoms with Crippen LogP contribution in [0.2, 0.25) is 0 Å². The lowest BCUT2D eigenvalue weighted by molar-refractivity contribution is -0.153. The zero-order valence-corrected chi connectivity index (χ0v) is 26.0. The molecule has 0 fully saturated rings. The Labute approximate surface area is 257 Å². The van der Waals surface area contributed by atoms with Crippen molar-refractivity contribution in [3.8, 4) is 33.4 Å². The molecule has 2 aromatic heterocycles. The molecule has 0 radical (unpaired) electrons. The van der Waals surface area contributed by atoms with E-state index in [1.54, 1.807) is 18.3 Å². The van der Waals surface area contributed by atoms with Crippen molar-refractivity contribution in [2.45, 2.75) is 58.5 Å². The van der Waals surface area contributed by atoms with Gasteiger partial charge in [0.05, 0.1) is 12.3 Å². The minimum absolute atomic E-state index is 0.00610. The van der Waals surface area contributed by atoms with Gasteiger partial charge in [0, 0.05) is 23.3 Å². The van der Waals surface area contributed by atoms with Crippen LogP contribution >= 0.6 is 11.3 Å². The monoisotopic (exact) mass is 595 g/mol. The van der Waals surface area contributed by atoms with E-state index in [0.717, 1.165) is 33.7 Å². The van der Waals surface area contributed by atoms with E-state index in [1.165, 1.54) is 4.88 Å². The van der Waals surface area contributed by atoms with Gasteiger partial charge in [0.15, 0.2) is 0 Å². The van der Waals surface area contributed by atoms with Gasteiger partial charge in [-0.1, -0.05) is 63.2 Å². The molecule has 1 unspecified atom stereocenters. The van der Waals surface area contributed by atoms with Crippen LogP contribution in [0.25, 0.3) is 21.9 Å². The maximum absolute atomic E-state index is 12.2. The van der Waals surface area contributed by atoms with E-state index in [0.29, 0.717) is 30.4 Å². The number of hydrogen-bond donors (Lipinski definition) is 1. The Hall–Kier alpha value is -4.36. The second-order valence-electron chi connectivity index (χ2n) is 11.9. The lowest BCUT2D eigenvalue weighted by Gasteiger charge is -2.27. The van der Waals surface area contributed by atoms with Gasteiger partial charge in [0.1, 0.15) is 17.3 Å². The van der Waals surface area contributed by atoms with E-state index in [2.05, 4.69) is 44.4 Å². The number of benzene rings is 3. The summed E-state index contributed by atoms with van der Waals surface area (Å²) in [6.07, 6.45) is 0.804. The number of carboxylic acids is 1. The third kappa shape index (κ3) is 7.35. The summed E-state index contributed by atoms with van der Waals surface area (Å²) in [5, 5.41) is 12.1. The van der Waals surface area contributed by atoms with Gasteiger partial charge in [-0.15, -0.1) is 11.3 Å². The molecule has 0 aliphatic heterocycles. The van der Waals surface area contributed by atoms with Gasteiger partial charge in [0.25, 0.3) is 0 Å². The largest absolute Gasteiger partial charge is 0.493 e. The molecule has 5 aromatic rings. The highest BCUT2D eigenvalue weighted by Gasteiger charge is 2.36. The van der Waals surface area contributed by atoms with Crippen LogP contribution in [0.4, 0.5) is 0 Å². The van der Waals surface area contributed by atoms with E-state index in [4.69, 9.17) is 18.9 Å². The number of hydrogen-bond acceptors (Lipinski definition) is 6. The van der Waals surface area contributed by atoms with Crippen molar-refractivity contribution in [1.29, 1.82) is 0 Å². The number of aliphatic carboxylic acids is 1. The molecule has 0 aliphatic rings. The fourth-order valence-electron chi connectivity index (χ4n) is 4.83. The van der Waals surface area contributed by atoms with Crippen molar-refractivity contribution in [3.05, 3.63) is 113 Å². The summed E-state index contributed by atoms with van der Waals surface area (Å²) in [6.45, 7) is 10.4. The van der Waals surface area contributed by atoms with E-state index in [-0.39, 0.29) is 11.8 Å². The molecule has 1 N–H and O–H groups in total. The average Bonchev–Trinajstić information content (AvgIpc) is 3.64. The summed E-state index contributed by atoms with van der Waals surface area (Å²) < 4.78 is 18.0. The van der Waals surface area contributed by atoms with Crippen molar-refractivity contribution in [2.24, 2.45) is 0 Å². The molecule has 0 aliphatic carbocycles. The average molecular weight is 596 g/mol. The first kappa shape index (κ1) is 30.1. The van der Waals surface area contributed by atoms with Crippen LogP contribution in [0.15, 0.2) is 94.7 Å². The van der Waals surface area contributed by atoms with Crippen molar-refractivity contribution < 1.29 is 23.8 Å². The fraction of sp³-hybridized carbons (Fsp3) is 0.278. The Balaban J connectivity index is 1.18. The van der Waals surface area contributed by atoms with Crippen LogP contribution in [0.3, 0.4) is 0 Å². The van der Waals surface area contributed by atoms with Gasteiger partial charge in [0.2, 0.25) is 11.5 Å². The Morgan fingerprint density at radius 3 is 2.26 bits per heavy atom. The second kappa shape index (κ2) is 12.5. The fourth-order valence-corrected chi connectivity index (χ4v) is 5.55. The number of aromatic nitrogens is 1. The first-order valence-electron chi connectivity index (χ1n) is 14.4. The standard InChI is InChI=1S/C36H37NO5S/c1-24-31(37-33(41-24)27-9-6-8-26(22-27)32-10-7-21-43-32)19-20-40-29-15-11-25(12-16-29)23-36(5,34(38)39)42-30-17-13-28(14-18-30)35(2,3)4/h6-18,21-22H,19-20,23H2,1-5H3,(H,38,39). The minimum Gasteiger partial charge on any atom is -0.493 e. The highest BCUT2D eigenvalue weighted by molar-refractivity contribution is 7.13. The molecular formula is C36H37NO5S. The summed E-state index contributed by atoms with van der Waals surface area (Å²) in [6, 6.07) is 27.5. The van der Waals surface area contributed by atoms with Gasteiger partial charge in [-0.25, -0.2) is 9.78 Å².